The first kappa shape index (κ1) is 16.6. The first-order valence-electron chi connectivity index (χ1n) is 7.36. The average molecular weight is 325 g/mol. The highest BCUT2D eigenvalue weighted by Gasteiger charge is 2.23. The number of nitrogens with one attached hydrogen (secondary N) is 2. The smallest absolute Gasteiger partial charge is 0.315 e. The minimum absolute atomic E-state index is 0.208. The number of anilines is 1. The van der Waals surface area contributed by atoms with Crippen molar-refractivity contribution in [3.63, 3.8) is 0 Å². The SMILES string of the molecule is Cc1ccc(N(CCNC(=O)NC2CC2)S(C)(=O)=O)cc1C. The number of sulfonamides is 1. The Kier molecular flexibility index (Phi) is 4.95. The predicted octanol–water partition coefficient (Wildman–Crippen LogP) is 1.53. The van der Waals surface area contributed by atoms with Gasteiger partial charge < -0.3 is 10.6 Å². The van der Waals surface area contributed by atoms with Crippen molar-refractivity contribution in [3.8, 4) is 0 Å². The minimum Gasteiger partial charge on any atom is -0.336 e. The predicted molar refractivity (Wildman–Crippen MR) is 87.7 cm³/mol. The number of amides is 2. The van der Waals surface area contributed by atoms with Crippen LogP contribution in [0.1, 0.15) is 24.0 Å². The first-order valence-corrected chi connectivity index (χ1v) is 9.21. The Labute approximate surface area is 131 Å². The largest absolute Gasteiger partial charge is 0.336 e. The molecule has 0 aliphatic heterocycles. The van der Waals surface area contributed by atoms with E-state index in [4.69, 9.17) is 0 Å². The third-order valence-corrected chi connectivity index (χ3v) is 4.89. The van der Waals surface area contributed by atoms with Gasteiger partial charge in [0.05, 0.1) is 18.5 Å². The van der Waals surface area contributed by atoms with Gasteiger partial charge in [-0.3, -0.25) is 4.31 Å². The highest BCUT2D eigenvalue weighted by atomic mass is 32.2. The first-order chi connectivity index (χ1) is 10.3. The van der Waals surface area contributed by atoms with Gasteiger partial charge in [0.15, 0.2) is 0 Å². The van der Waals surface area contributed by atoms with Gasteiger partial charge >= 0.3 is 6.03 Å². The Morgan fingerprint density at radius 2 is 1.95 bits per heavy atom. The topological polar surface area (TPSA) is 78.5 Å². The van der Waals surface area contributed by atoms with Crippen LogP contribution in [-0.4, -0.2) is 39.8 Å². The zero-order chi connectivity index (χ0) is 16.3. The van der Waals surface area contributed by atoms with Crippen LogP contribution in [0.4, 0.5) is 10.5 Å². The average Bonchev–Trinajstić information content (AvgIpc) is 3.20. The quantitative estimate of drug-likeness (QED) is 0.832. The summed E-state index contributed by atoms with van der Waals surface area (Å²) in [4.78, 5) is 11.6. The number of aryl methyl sites for hydroxylation is 2. The summed E-state index contributed by atoms with van der Waals surface area (Å²) in [6.07, 6.45) is 3.21. The van der Waals surface area contributed by atoms with E-state index in [1.165, 1.54) is 10.6 Å². The summed E-state index contributed by atoms with van der Waals surface area (Å²) in [7, 11) is -3.39. The van der Waals surface area contributed by atoms with Crippen LogP contribution < -0.4 is 14.9 Å². The Morgan fingerprint density at radius 3 is 2.50 bits per heavy atom. The van der Waals surface area contributed by atoms with E-state index in [0.29, 0.717) is 5.69 Å². The zero-order valence-corrected chi connectivity index (χ0v) is 14.0. The summed E-state index contributed by atoms with van der Waals surface area (Å²) in [5.74, 6) is 0. The van der Waals surface area contributed by atoms with Crippen molar-refractivity contribution in [2.24, 2.45) is 0 Å². The van der Waals surface area contributed by atoms with Crippen molar-refractivity contribution in [3.05, 3.63) is 29.3 Å². The molecule has 1 aliphatic rings. The molecule has 0 radical (unpaired) electrons. The summed E-state index contributed by atoms with van der Waals surface area (Å²) in [6.45, 7) is 4.40. The molecule has 0 saturated heterocycles. The fourth-order valence-corrected chi connectivity index (χ4v) is 3.02. The minimum atomic E-state index is -3.39. The van der Waals surface area contributed by atoms with Gasteiger partial charge in [-0.15, -0.1) is 0 Å². The Bertz CT molecular complexity index is 654. The molecule has 7 heteroatoms. The normalized spacial score (nSPS) is 14.5. The van der Waals surface area contributed by atoms with Crippen molar-refractivity contribution >= 4 is 21.7 Å². The fourth-order valence-electron chi connectivity index (χ4n) is 2.10. The van der Waals surface area contributed by atoms with E-state index in [1.54, 1.807) is 6.07 Å². The molecule has 1 fully saturated rings. The molecule has 0 spiro atoms. The van der Waals surface area contributed by atoms with Crippen LogP contribution in [0.25, 0.3) is 0 Å². The van der Waals surface area contributed by atoms with Crippen molar-refractivity contribution in [1.29, 1.82) is 0 Å². The van der Waals surface area contributed by atoms with Crippen LogP contribution >= 0.6 is 0 Å². The van der Waals surface area contributed by atoms with Crippen LogP contribution in [0.15, 0.2) is 18.2 Å². The van der Waals surface area contributed by atoms with Crippen LogP contribution in [0.5, 0.6) is 0 Å². The molecule has 122 valence electrons. The molecule has 1 aromatic rings. The molecule has 1 aromatic carbocycles. The number of nitrogens with zero attached hydrogens (tertiary/aromatic N) is 1. The number of benzene rings is 1. The molecule has 2 amide bonds. The lowest BCUT2D eigenvalue weighted by atomic mass is 10.1. The second kappa shape index (κ2) is 6.56. The van der Waals surface area contributed by atoms with Crippen LogP contribution in [0.2, 0.25) is 0 Å². The standard InChI is InChI=1S/C15H23N3O3S/c1-11-4-7-14(10-12(11)2)18(22(3,20)21)9-8-16-15(19)17-13-5-6-13/h4,7,10,13H,5-6,8-9H2,1-3H3,(H2,16,17,19). The van der Waals surface area contributed by atoms with Gasteiger partial charge in [0.25, 0.3) is 0 Å². The molecular formula is C15H23N3O3S. The molecule has 1 saturated carbocycles. The van der Waals surface area contributed by atoms with Crippen molar-refractivity contribution < 1.29 is 13.2 Å². The van der Waals surface area contributed by atoms with E-state index in [9.17, 15) is 13.2 Å². The maximum Gasteiger partial charge on any atom is 0.315 e. The van der Waals surface area contributed by atoms with Crippen LogP contribution in [0.3, 0.4) is 0 Å². The third kappa shape index (κ3) is 4.62. The summed E-state index contributed by atoms with van der Waals surface area (Å²) in [6, 6.07) is 5.58. The van der Waals surface area contributed by atoms with Crippen molar-refractivity contribution in [2.45, 2.75) is 32.7 Å². The highest BCUT2D eigenvalue weighted by Crippen LogP contribution is 2.21. The molecule has 0 unspecified atom stereocenters. The number of urea groups is 1. The number of carbonyl (C=O) groups excluding carboxylic acids is 1. The van der Waals surface area contributed by atoms with Gasteiger partial charge in [0.1, 0.15) is 0 Å². The van der Waals surface area contributed by atoms with Gasteiger partial charge in [-0.05, 0) is 49.9 Å². The van der Waals surface area contributed by atoms with E-state index < -0.39 is 10.0 Å². The molecule has 2 rings (SSSR count). The summed E-state index contributed by atoms with van der Waals surface area (Å²) in [5.41, 5.74) is 2.76. The summed E-state index contributed by atoms with van der Waals surface area (Å²) in [5, 5.41) is 5.50. The summed E-state index contributed by atoms with van der Waals surface area (Å²) < 4.78 is 25.3. The van der Waals surface area contributed by atoms with Gasteiger partial charge in [-0.25, -0.2) is 13.2 Å². The molecule has 6 nitrogen and oxygen atoms in total. The van der Waals surface area contributed by atoms with E-state index in [0.717, 1.165) is 24.0 Å². The molecule has 1 aliphatic carbocycles. The summed E-state index contributed by atoms with van der Waals surface area (Å²) >= 11 is 0. The van der Waals surface area contributed by atoms with Gasteiger partial charge in [0, 0.05) is 12.6 Å². The second-order valence-electron chi connectivity index (χ2n) is 5.78. The Morgan fingerprint density at radius 1 is 1.27 bits per heavy atom. The van der Waals surface area contributed by atoms with Crippen molar-refractivity contribution in [1.82, 2.24) is 10.6 Å². The number of hydrogen-bond acceptors (Lipinski definition) is 3. The number of carbonyl (C=O) groups is 1. The van der Waals surface area contributed by atoms with Gasteiger partial charge in [-0.2, -0.15) is 0 Å². The van der Waals surface area contributed by atoms with Crippen LogP contribution in [-0.2, 0) is 10.0 Å². The molecule has 22 heavy (non-hydrogen) atoms. The molecule has 0 atom stereocenters. The molecule has 2 N–H and O–H groups in total. The monoisotopic (exact) mass is 325 g/mol. The molecule has 0 heterocycles. The molecular weight excluding hydrogens is 302 g/mol. The van der Waals surface area contributed by atoms with E-state index in [-0.39, 0.29) is 25.2 Å². The van der Waals surface area contributed by atoms with Gasteiger partial charge in [0.2, 0.25) is 10.0 Å². The van der Waals surface area contributed by atoms with E-state index in [2.05, 4.69) is 10.6 Å². The van der Waals surface area contributed by atoms with Crippen molar-refractivity contribution in [2.75, 3.05) is 23.7 Å². The van der Waals surface area contributed by atoms with E-state index >= 15 is 0 Å². The highest BCUT2D eigenvalue weighted by molar-refractivity contribution is 7.92. The lowest BCUT2D eigenvalue weighted by Gasteiger charge is -2.23. The lowest BCUT2D eigenvalue weighted by molar-refractivity contribution is 0.241. The van der Waals surface area contributed by atoms with Gasteiger partial charge in [-0.1, -0.05) is 6.07 Å². The Balaban J connectivity index is 2.00. The number of rotatable bonds is 6. The van der Waals surface area contributed by atoms with Crippen LogP contribution in [0, 0.1) is 13.8 Å². The zero-order valence-electron chi connectivity index (χ0n) is 13.2. The number of hydrogen-bond donors (Lipinski definition) is 2. The maximum atomic E-state index is 12.0. The second-order valence-corrected chi connectivity index (χ2v) is 7.69. The fraction of sp³-hybridized carbons (Fsp3) is 0.533. The molecule has 0 aromatic heterocycles. The third-order valence-electron chi connectivity index (χ3n) is 3.69. The molecule has 0 bridgehead atoms. The maximum absolute atomic E-state index is 12.0. The lowest BCUT2D eigenvalue weighted by Crippen LogP contribution is -2.42. The van der Waals surface area contributed by atoms with E-state index in [1.807, 2.05) is 26.0 Å². The Hall–Kier alpha value is -1.76.